The number of aromatic nitrogens is 2. The molecule has 0 radical (unpaired) electrons. The van der Waals surface area contributed by atoms with Gasteiger partial charge in [-0.15, -0.1) is 0 Å². The van der Waals surface area contributed by atoms with Gasteiger partial charge in [0.1, 0.15) is 11.5 Å². The third kappa shape index (κ3) is 2.28. The van der Waals surface area contributed by atoms with Crippen molar-refractivity contribution in [2.24, 2.45) is 11.8 Å². The van der Waals surface area contributed by atoms with Crippen LogP contribution < -0.4 is 5.73 Å². The molecule has 94 valence electrons. The fourth-order valence-corrected chi connectivity index (χ4v) is 2.58. The summed E-state index contributed by atoms with van der Waals surface area (Å²) in [4.78, 5) is 14.2. The molecule has 1 fully saturated rings. The quantitative estimate of drug-likeness (QED) is 0.776. The summed E-state index contributed by atoms with van der Waals surface area (Å²) in [6.45, 7) is 7.29. The average Bonchev–Trinajstić information content (AvgIpc) is 2.69. The Bertz CT molecular complexity index is 414. The highest BCUT2D eigenvalue weighted by Crippen LogP contribution is 2.27. The lowest BCUT2D eigenvalue weighted by molar-refractivity contribution is 0.0450. The van der Waals surface area contributed by atoms with E-state index in [9.17, 15) is 4.79 Å². The number of rotatable bonds is 1. The SMILES string of the molecule is CC1CC(C)C(C)N(C(=O)c2cc(N)n[nH]2)C1. The summed E-state index contributed by atoms with van der Waals surface area (Å²) in [5, 5.41) is 6.49. The molecule has 3 unspecified atom stereocenters. The van der Waals surface area contributed by atoms with Crippen molar-refractivity contribution in [2.45, 2.75) is 33.2 Å². The Kier molecular flexibility index (Phi) is 3.09. The van der Waals surface area contributed by atoms with Gasteiger partial charge in [0.15, 0.2) is 0 Å². The number of H-pyrrole nitrogens is 1. The van der Waals surface area contributed by atoms with E-state index in [4.69, 9.17) is 5.73 Å². The highest BCUT2D eigenvalue weighted by molar-refractivity contribution is 5.93. The summed E-state index contributed by atoms with van der Waals surface area (Å²) >= 11 is 0. The van der Waals surface area contributed by atoms with Crippen LogP contribution >= 0.6 is 0 Å². The molecule has 0 bridgehead atoms. The molecule has 1 saturated heterocycles. The van der Waals surface area contributed by atoms with Crippen LogP contribution in [0.25, 0.3) is 0 Å². The number of carbonyl (C=O) groups excluding carboxylic acids is 1. The Labute approximate surface area is 101 Å². The minimum atomic E-state index is 0.0000926. The minimum absolute atomic E-state index is 0.0000926. The molecule has 2 rings (SSSR count). The lowest BCUT2D eigenvalue weighted by Crippen LogP contribution is -2.48. The van der Waals surface area contributed by atoms with Crippen LogP contribution in [0.5, 0.6) is 0 Å². The average molecular weight is 236 g/mol. The predicted molar refractivity (Wildman–Crippen MR) is 66.4 cm³/mol. The molecule has 1 amide bonds. The first kappa shape index (κ1) is 12.0. The van der Waals surface area contributed by atoms with E-state index in [1.807, 2.05) is 4.90 Å². The van der Waals surface area contributed by atoms with Crippen molar-refractivity contribution in [2.75, 3.05) is 12.3 Å². The summed E-state index contributed by atoms with van der Waals surface area (Å²) in [6.07, 6.45) is 1.18. The highest BCUT2D eigenvalue weighted by atomic mass is 16.2. The molecule has 1 aliphatic heterocycles. The van der Waals surface area contributed by atoms with Crippen LogP contribution in [0.15, 0.2) is 6.07 Å². The second kappa shape index (κ2) is 4.39. The van der Waals surface area contributed by atoms with Crippen LogP contribution in [0, 0.1) is 11.8 Å². The standard InChI is InChI=1S/C12H20N4O/c1-7-4-8(2)9(3)16(6-7)12(17)10-5-11(13)15-14-10/h5,7-9H,4,6H2,1-3H3,(H3,13,14,15). The van der Waals surface area contributed by atoms with Crippen molar-refractivity contribution >= 4 is 11.7 Å². The summed E-state index contributed by atoms with van der Waals surface area (Å²) in [6, 6.07) is 1.86. The first-order valence-corrected chi connectivity index (χ1v) is 6.11. The molecule has 1 aromatic rings. The second-order valence-corrected chi connectivity index (χ2v) is 5.22. The fourth-order valence-electron chi connectivity index (χ4n) is 2.58. The normalized spacial score (nSPS) is 29.4. The lowest BCUT2D eigenvalue weighted by atomic mass is 9.86. The maximum absolute atomic E-state index is 12.3. The van der Waals surface area contributed by atoms with Crippen LogP contribution in [0.4, 0.5) is 5.82 Å². The molecule has 1 aromatic heterocycles. The van der Waals surface area contributed by atoms with Gasteiger partial charge in [0, 0.05) is 18.7 Å². The molecule has 2 heterocycles. The number of hydrogen-bond donors (Lipinski definition) is 2. The Hall–Kier alpha value is -1.52. The number of piperidine rings is 1. The zero-order valence-electron chi connectivity index (χ0n) is 10.6. The number of nitrogens with one attached hydrogen (secondary N) is 1. The molecule has 17 heavy (non-hydrogen) atoms. The number of nitrogen functional groups attached to an aromatic ring is 1. The van der Waals surface area contributed by atoms with Gasteiger partial charge in [-0.3, -0.25) is 9.89 Å². The number of nitrogens with zero attached hydrogens (tertiary/aromatic N) is 2. The molecule has 0 aliphatic carbocycles. The zero-order chi connectivity index (χ0) is 12.6. The van der Waals surface area contributed by atoms with Gasteiger partial charge >= 0.3 is 0 Å². The smallest absolute Gasteiger partial charge is 0.272 e. The zero-order valence-corrected chi connectivity index (χ0v) is 10.6. The summed E-state index contributed by atoms with van der Waals surface area (Å²) in [7, 11) is 0. The molecule has 0 aromatic carbocycles. The molecule has 3 atom stereocenters. The van der Waals surface area contributed by atoms with Gasteiger partial charge in [0.25, 0.3) is 5.91 Å². The van der Waals surface area contributed by atoms with Crippen molar-refractivity contribution in [3.8, 4) is 0 Å². The van der Waals surface area contributed by atoms with Crippen LogP contribution in [0.3, 0.4) is 0 Å². The second-order valence-electron chi connectivity index (χ2n) is 5.22. The van der Waals surface area contributed by atoms with E-state index in [0.29, 0.717) is 23.3 Å². The molecule has 0 spiro atoms. The van der Waals surface area contributed by atoms with E-state index in [1.54, 1.807) is 6.07 Å². The molecular weight excluding hydrogens is 216 g/mol. The van der Waals surface area contributed by atoms with Gasteiger partial charge in [-0.25, -0.2) is 0 Å². The summed E-state index contributed by atoms with van der Waals surface area (Å²) in [5.41, 5.74) is 6.00. The van der Waals surface area contributed by atoms with Crippen LogP contribution in [0.2, 0.25) is 0 Å². The van der Waals surface area contributed by atoms with Gasteiger partial charge in [-0.2, -0.15) is 5.10 Å². The van der Waals surface area contributed by atoms with E-state index >= 15 is 0 Å². The van der Waals surface area contributed by atoms with Crippen molar-refractivity contribution in [1.82, 2.24) is 15.1 Å². The number of amides is 1. The van der Waals surface area contributed by atoms with E-state index in [1.165, 1.54) is 6.42 Å². The Morgan fingerprint density at radius 1 is 1.53 bits per heavy atom. The van der Waals surface area contributed by atoms with E-state index in [-0.39, 0.29) is 11.9 Å². The Morgan fingerprint density at radius 3 is 2.82 bits per heavy atom. The van der Waals surface area contributed by atoms with Crippen molar-refractivity contribution < 1.29 is 4.79 Å². The molecule has 5 heteroatoms. The first-order valence-electron chi connectivity index (χ1n) is 6.11. The van der Waals surface area contributed by atoms with Gasteiger partial charge in [0.2, 0.25) is 0 Å². The van der Waals surface area contributed by atoms with Crippen molar-refractivity contribution in [1.29, 1.82) is 0 Å². The largest absolute Gasteiger partial charge is 0.382 e. The topological polar surface area (TPSA) is 75.0 Å². The highest BCUT2D eigenvalue weighted by Gasteiger charge is 2.32. The number of anilines is 1. The van der Waals surface area contributed by atoms with E-state index in [0.717, 1.165) is 6.54 Å². The monoisotopic (exact) mass is 236 g/mol. The van der Waals surface area contributed by atoms with Crippen molar-refractivity contribution in [3.05, 3.63) is 11.8 Å². The number of hydrogen-bond acceptors (Lipinski definition) is 3. The van der Waals surface area contributed by atoms with Crippen molar-refractivity contribution in [3.63, 3.8) is 0 Å². The molecule has 0 saturated carbocycles. The number of carbonyl (C=O) groups is 1. The first-order chi connectivity index (χ1) is 7.99. The summed E-state index contributed by atoms with van der Waals surface area (Å²) < 4.78 is 0. The number of nitrogens with two attached hydrogens (primary N) is 1. The summed E-state index contributed by atoms with van der Waals surface area (Å²) in [5.74, 6) is 1.44. The minimum Gasteiger partial charge on any atom is -0.382 e. The predicted octanol–water partition coefficient (Wildman–Crippen LogP) is 1.50. The van der Waals surface area contributed by atoms with E-state index in [2.05, 4.69) is 31.0 Å². The molecular formula is C12H20N4O. The number of likely N-dealkylation sites (tertiary alicyclic amines) is 1. The molecule has 1 aliphatic rings. The van der Waals surface area contributed by atoms with Crippen LogP contribution in [-0.4, -0.2) is 33.6 Å². The lowest BCUT2D eigenvalue weighted by Gasteiger charge is -2.40. The number of aromatic amines is 1. The Balaban J connectivity index is 2.18. The maximum Gasteiger partial charge on any atom is 0.272 e. The van der Waals surface area contributed by atoms with Crippen LogP contribution in [0.1, 0.15) is 37.7 Å². The van der Waals surface area contributed by atoms with E-state index < -0.39 is 0 Å². The fraction of sp³-hybridized carbons (Fsp3) is 0.667. The van der Waals surface area contributed by atoms with Gasteiger partial charge in [-0.05, 0) is 25.2 Å². The Morgan fingerprint density at radius 2 is 2.24 bits per heavy atom. The molecule has 3 N–H and O–H groups in total. The molecule has 5 nitrogen and oxygen atoms in total. The van der Waals surface area contributed by atoms with Gasteiger partial charge in [0.05, 0.1) is 0 Å². The third-order valence-corrected chi connectivity index (χ3v) is 3.69. The van der Waals surface area contributed by atoms with Gasteiger partial charge in [-0.1, -0.05) is 13.8 Å². The third-order valence-electron chi connectivity index (χ3n) is 3.69. The van der Waals surface area contributed by atoms with Crippen LogP contribution in [-0.2, 0) is 0 Å². The van der Waals surface area contributed by atoms with Gasteiger partial charge < -0.3 is 10.6 Å². The maximum atomic E-state index is 12.3.